The third-order valence-corrected chi connectivity index (χ3v) is 4.05. The molecule has 3 rings (SSSR count). The van der Waals surface area contributed by atoms with Gasteiger partial charge in [-0.15, -0.1) is 0 Å². The molecule has 0 radical (unpaired) electrons. The van der Waals surface area contributed by atoms with E-state index in [1.54, 1.807) is 12.1 Å². The molecule has 1 N–H and O–H groups in total. The minimum atomic E-state index is -0.232. The van der Waals surface area contributed by atoms with Gasteiger partial charge in [0.1, 0.15) is 5.82 Å². The minimum Gasteiger partial charge on any atom is -0.306 e. The van der Waals surface area contributed by atoms with E-state index in [4.69, 9.17) is 0 Å². The molecule has 2 nitrogen and oxygen atoms in total. The standard InChI is InChI=1S/C18H18FNO/c1-2-17(21)14-4-3-12-9-10-20-18(16(12)11-14)13-5-7-15(19)8-6-13/h3-8,11,18,20H,2,9-10H2,1H3/t18-/m0/s1. The van der Waals surface area contributed by atoms with Gasteiger partial charge in [0.2, 0.25) is 0 Å². The average Bonchev–Trinajstić information content (AvgIpc) is 2.54. The number of rotatable bonds is 3. The number of halogens is 1. The fraction of sp³-hybridized carbons (Fsp3) is 0.278. The van der Waals surface area contributed by atoms with Gasteiger partial charge in [-0.05, 0) is 41.3 Å². The van der Waals surface area contributed by atoms with Crippen LogP contribution >= 0.6 is 0 Å². The number of carbonyl (C=O) groups is 1. The first-order valence-corrected chi connectivity index (χ1v) is 7.34. The van der Waals surface area contributed by atoms with Crippen molar-refractivity contribution in [3.63, 3.8) is 0 Å². The van der Waals surface area contributed by atoms with Gasteiger partial charge in [0, 0.05) is 18.5 Å². The van der Waals surface area contributed by atoms with Gasteiger partial charge in [-0.1, -0.05) is 31.2 Å². The van der Waals surface area contributed by atoms with Crippen LogP contribution in [0.5, 0.6) is 0 Å². The van der Waals surface area contributed by atoms with E-state index in [9.17, 15) is 9.18 Å². The molecule has 108 valence electrons. The van der Waals surface area contributed by atoms with Gasteiger partial charge in [-0.2, -0.15) is 0 Å². The molecule has 0 saturated carbocycles. The second-order valence-electron chi connectivity index (χ2n) is 5.38. The molecule has 2 aromatic rings. The van der Waals surface area contributed by atoms with Crippen LogP contribution in [-0.4, -0.2) is 12.3 Å². The summed E-state index contributed by atoms with van der Waals surface area (Å²) in [5, 5.41) is 3.46. The Bertz CT molecular complexity index is 663. The summed E-state index contributed by atoms with van der Waals surface area (Å²) in [5.41, 5.74) is 4.17. The normalized spacial score (nSPS) is 17.3. The number of nitrogens with one attached hydrogen (secondary N) is 1. The zero-order valence-corrected chi connectivity index (χ0v) is 12.0. The van der Waals surface area contributed by atoms with E-state index >= 15 is 0 Å². The lowest BCUT2D eigenvalue weighted by molar-refractivity contribution is 0.0988. The monoisotopic (exact) mass is 283 g/mol. The Kier molecular flexibility index (Phi) is 3.84. The molecule has 21 heavy (non-hydrogen) atoms. The van der Waals surface area contributed by atoms with E-state index in [0.29, 0.717) is 6.42 Å². The van der Waals surface area contributed by atoms with Gasteiger partial charge >= 0.3 is 0 Å². The van der Waals surface area contributed by atoms with Crippen LogP contribution in [0, 0.1) is 5.82 Å². The molecule has 3 heteroatoms. The first-order valence-electron chi connectivity index (χ1n) is 7.34. The van der Waals surface area contributed by atoms with E-state index in [-0.39, 0.29) is 17.6 Å². The van der Waals surface area contributed by atoms with E-state index in [1.165, 1.54) is 17.7 Å². The van der Waals surface area contributed by atoms with Gasteiger partial charge < -0.3 is 5.32 Å². The lowest BCUT2D eigenvalue weighted by Gasteiger charge is -2.28. The Morgan fingerprint density at radius 2 is 2.00 bits per heavy atom. The minimum absolute atomic E-state index is 0.0268. The number of carbonyl (C=O) groups excluding carboxylic acids is 1. The maximum atomic E-state index is 13.1. The van der Waals surface area contributed by atoms with Crippen LogP contribution in [0.3, 0.4) is 0 Å². The van der Waals surface area contributed by atoms with Gasteiger partial charge in [0.15, 0.2) is 5.78 Å². The lowest BCUT2D eigenvalue weighted by atomic mass is 9.88. The van der Waals surface area contributed by atoms with Crippen molar-refractivity contribution in [2.75, 3.05) is 6.54 Å². The second kappa shape index (κ2) is 5.78. The number of hydrogen-bond acceptors (Lipinski definition) is 2. The number of ketones is 1. The van der Waals surface area contributed by atoms with Gasteiger partial charge in [0.25, 0.3) is 0 Å². The molecule has 0 unspecified atom stereocenters. The van der Waals surface area contributed by atoms with E-state index in [0.717, 1.165) is 29.7 Å². The fourth-order valence-electron chi connectivity index (χ4n) is 2.88. The van der Waals surface area contributed by atoms with Gasteiger partial charge in [0.05, 0.1) is 6.04 Å². The molecule has 0 spiro atoms. The smallest absolute Gasteiger partial charge is 0.162 e. The van der Waals surface area contributed by atoms with Crippen LogP contribution in [0.15, 0.2) is 42.5 Å². The van der Waals surface area contributed by atoms with Crippen molar-refractivity contribution in [2.45, 2.75) is 25.8 Å². The summed E-state index contributed by atoms with van der Waals surface area (Å²) in [6, 6.07) is 12.5. The number of Topliss-reactive ketones (excluding diaryl/α,β-unsaturated/α-hetero) is 1. The highest BCUT2D eigenvalue weighted by molar-refractivity contribution is 5.96. The molecular formula is C18H18FNO. The quantitative estimate of drug-likeness (QED) is 0.871. The van der Waals surface area contributed by atoms with Crippen molar-refractivity contribution in [3.05, 3.63) is 70.5 Å². The third kappa shape index (κ3) is 2.74. The Morgan fingerprint density at radius 1 is 1.24 bits per heavy atom. The lowest BCUT2D eigenvalue weighted by Crippen LogP contribution is -2.30. The zero-order valence-electron chi connectivity index (χ0n) is 12.0. The predicted molar refractivity (Wildman–Crippen MR) is 81.0 cm³/mol. The first-order chi connectivity index (χ1) is 10.2. The van der Waals surface area contributed by atoms with Crippen LogP contribution < -0.4 is 5.32 Å². The third-order valence-electron chi connectivity index (χ3n) is 4.05. The molecule has 0 fully saturated rings. The molecule has 0 saturated heterocycles. The zero-order chi connectivity index (χ0) is 14.8. The highest BCUT2D eigenvalue weighted by Gasteiger charge is 2.22. The van der Waals surface area contributed by atoms with Crippen LogP contribution in [-0.2, 0) is 6.42 Å². The van der Waals surface area contributed by atoms with Crippen molar-refractivity contribution in [1.29, 1.82) is 0 Å². The first kappa shape index (κ1) is 14.0. The van der Waals surface area contributed by atoms with Crippen molar-refractivity contribution in [3.8, 4) is 0 Å². The van der Waals surface area contributed by atoms with Crippen LogP contribution in [0.25, 0.3) is 0 Å². The Balaban J connectivity index is 2.03. The maximum absolute atomic E-state index is 13.1. The highest BCUT2D eigenvalue weighted by atomic mass is 19.1. The van der Waals surface area contributed by atoms with Gasteiger partial charge in [-0.25, -0.2) is 4.39 Å². The van der Waals surface area contributed by atoms with Crippen molar-refractivity contribution in [1.82, 2.24) is 5.32 Å². The van der Waals surface area contributed by atoms with E-state index < -0.39 is 0 Å². The number of fused-ring (bicyclic) bond motifs is 1. The average molecular weight is 283 g/mol. The molecule has 1 aliphatic heterocycles. The van der Waals surface area contributed by atoms with Crippen molar-refractivity contribution < 1.29 is 9.18 Å². The van der Waals surface area contributed by atoms with Crippen LogP contribution in [0.4, 0.5) is 4.39 Å². The molecule has 1 heterocycles. The molecular weight excluding hydrogens is 265 g/mol. The summed E-state index contributed by atoms with van der Waals surface area (Å²) >= 11 is 0. The topological polar surface area (TPSA) is 29.1 Å². The highest BCUT2D eigenvalue weighted by Crippen LogP contribution is 2.30. The molecule has 0 bridgehead atoms. The summed E-state index contributed by atoms with van der Waals surface area (Å²) < 4.78 is 13.1. The maximum Gasteiger partial charge on any atom is 0.162 e. The second-order valence-corrected chi connectivity index (χ2v) is 5.38. The molecule has 1 atom stereocenters. The van der Waals surface area contributed by atoms with Gasteiger partial charge in [-0.3, -0.25) is 4.79 Å². The molecule has 1 aliphatic rings. The predicted octanol–water partition coefficient (Wildman–Crippen LogP) is 3.65. The van der Waals surface area contributed by atoms with E-state index in [1.807, 2.05) is 19.1 Å². The SMILES string of the molecule is CCC(=O)c1ccc2c(c1)[C@H](c1ccc(F)cc1)NCC2. The Morgan fingerprint density at radius 3 is 2.71 bits per heavy atom. The molecule has 2 aromatic carbocycles. The van der Waals surface area contributed by atoms with Crippen molar-refractivity contribution >= 4 is 5.78 Å². The fourth-order valence-corrected chi connectivity index (χ4v) is 2.88. The molecule has 0 aromatic heterocycles. The summed E-state index contributed by atoms with van der Waals surface area (Å²) in [6.45, 7) is 2.76. The van der Waals surface area contributed by atoms with Crippen LogP contribution in [0.1, 0.15) is 46.4 Å². The molecule has 0 amide bonds. The Labute approximate surface area is 124 Å². The van der Waals surface area contributed by atoms with E-state index in [2.05, 4.69) is 11.4 Å². The molecule has 0 aliphatic carbocycles. The van der Waals surface area contributed by atoms with Crippen LogP contribution in [0.2, 0.25) is 0 Å². The summed E-state index contributed by atoms with van der Waals surface area (Å²) in [6.07, 6.45) is 1.46. The number of hydrogen-bond donors (Lipinski definition) is 1. The summed E-state index contributed by atoms with van der Waals surface area (Å²) in [5.74, 6) is -0.0778. The Hall–Kier alpha value is -2.00. The van der Waals surface area contributed by atoms with Crippen molar-refractivity contribution in [2.24, 2.45) is 0 Å². The summed E-state index contributed by atoms with van der Waals surface area (Å²) in [4.78, 5) is 11.9. The largest absolute Gasteiger partial charge is 0.306 e. The number of benzene rings is 2. The summed E-state index contributed by atoms with van der Waals surface area (Å²) in [7, 11) is 0.